The van der Waals surface area contributed by atoms with Crippen LogP contribution in [0.2, 0.25) is 0 Å². The summed E-state index contributed by atoms with van der Waals surface area (Å²) >= 11 is 0. The van der Waals surface area contributed by atoms with E-state index >= 15 is 0 Å². The van der Waals surface area contributed by atoms with E-state index in [4.69, 9.17) is 0 Å². The number of hydrogen-bond acceptors (Lipinski definition) is 3. The van der Waals surface area contributed by atoms with Gasteiger partial charge in [0.05, 0.1) is 18.9 Å². The molecule has 2 aliphatic rings. The van der Waals surface area contributed by atoms with Gasteiger partial charge in [-0.05, 0) is 49.7 Å². The highest BCUT2D eigenvalue weighted by Crippen LogP contribution is 2.40. The van der Waals surface area contributed by atoms with E-state index in [-0.39, 0.29) is 5.91 Å². The van der Waals surface area contributed by atoms with Gasteiger partial charge in [0.15, 0.2) is 0 Å². The maximum Gasteiger partial charge on any atom is 0.255 e. The molecule has 0 spiro atoms. The monoisotopic (exact) mass is 430 g/mol. The number of aromatic nitrogens is 2. The summed E-state index contributed by atoms with van der Waals surface area (Å²) in [7, 11) is 0. The Bertz CT molecular complexity index is 1090. The van der Waals surface area contributed by atoms with Crippen LogP contribution in [0.15, 0.2) is 61.2 Å². The van der Waals surface area contributed by atoms with Crippen molar-refractivity contribution in [2.45, 2.75) is 45.2 Å². The largest absolute Gasteiger partial charge is 0.322 e. The van der Waals surface area contributed by atoms with Crippen molar-refractivity contribution >= 4 is 17.3 Å². The SMILES string of the molecule is Cc1cc([N+]2(C3CCNC3)CCCC2C)ccc1NC(=O)c1ccc(-n2ccnc2)cc1. The summed E-state index contributed by atoms with van der Waals surface area (Å²) in [5.74, 6) is -0.0866. The number of rotatable bonds is 5. The first kappa shape index (κ1) is 20.9. The minimum Gasteiger partial charge on any atom is -0.322 e. The summed E-state index contributed by atoms with van der Waals surface area (Å²) in [5.41, 5.74) is 5.02. The number of quaternary nitrogens is 1. The van der Waals surface area contributed by atoms with E-state index in [9.17, 15) is 4.79 Å². The molecule has 1 aromatic heterocycles. The fourth-order valence-corrected chi connectivity index (χ4v) is 5.71. The van der Waals surface area contributed by atoms with E-state index in [2.05, 4.69) is 47.7 Å². The van der Waals surface area contributed by atoms with Crippen molar-refractivity contribution < 1.29 is 4.79 Å². The van der Waals surface area contributed by atoms with Crippen LogP contribution in [0.4, 0.5) is 11.4 Å². The van der Waals surface area contributed by atoms with Gasteiger partial charge in [-0.2, -0.15) is 0 Å². The second-order valence-electron chi connectivity index (χ2n) is 9.26. The number of aryl methyl sites for hydroxylation is 1. The number of hydrogen-bond donors (Lipinski definition) is 2. The molecule has 0 aliphatic carbocycles. The molecule has 6 nitrogen and oxygen atoms in total. The summed E-state index contributed by atoms with van der Waals surface area (Å²) in [6, 6.07) is 15.5. The maximum absolute atomic E-state index is 12.9. The van der Waals surface area contributed by atoms with Gasteiger partial charge in [-0.3, -0.25) is 9.28 Å². The molecule has 0 saturated carbocycles. The Morgan fingerprint density at radius 2 is 2.03 bits per heavy atom. The summed E-state index contributed by atoms with van der Waals surface area (Å²) < 4.78 is 3.00. The average molecular weight is 431 g/mol. The lowest BCUT2D eigenvalue weighted by molar-refractivity contribution is 0.102. The van der Waals surface area contributed by atoms with Crippen molar-refractivity contribution in [3.8, 4) is 5.69 Å². The first-order valence-electron chi connectivity index (χ1n) is 11.7. The average Bonchev–Trinajstić information content (AvgIpc) is 3.58. The van der Waals surface area contributed by atoms with Crippen molar-refractivity contribution in [2.75, 3.05) is 25.0 Å². The molecule has 2 N–H and O–H groups in total. The third-order valence-corrected chi connectivity index (χ3v) is 7.49. The summed E-state index contributed by atoms with van der Waals surface area (Å²) in [6.07, 6.45) is 9.17. The van der Waals surface area contributed by atoms with Crippen molar-refractivity contribution in [3.05, 3.63) is 72.3 Å². The number of imidazole rings is 1. The van der Waals surface area contributed by atoms with E-state index in [1.807, 2.05) is 35.0 Å². The molecule has 32 heavy (non-hydrogen) atoms. The molecule has 3 heterocycles. The van der Waals surface area contributed by atoms with Crippen LogP contribution in [-0.4, -0.2) is 47.2 Å². The molecule has 3 atom stereocenters. The molecule has 1 amide bonds. The Labute approximate surface area is 189 Å². The van der Waals surface area contributed by atoms with E-state index in [0.717, 1.165) is 34.5 Å². The van der Waals surface area contributed by atoms with Crippen LogP contribution in [0.3, 0.4) is 0 Å². The van der Waals surface area contributed by atoms with Crippen molar-refractivity contribution in [3.63, 3.8) is 0 Å². The predicted molar refractivity (Wildman–Crippen MR) is 129 cm³/mol. The number of anilines is 1. The van der Waals surface area contributed by atoms with Crippen molar-refractivity contribution in [1.82, 2.24) is 19.4 Å². The normalized spacial score (nSPS) is 25.2. The number of nitrogens with zero attached hydrogens (tertiary/aromatic N) is 3. The van der Waals surface area contributed by atoms with Crippen LogP contribution < -0.4 is 15.1 Å². The molecule has 2 aromatic carbocycles. The summed E-state index contributed by atoms with van der Waals surface area (Å²) in [5, 5.41) is 6.68. The zero-order chi connectivity index (χ0) is 22.1. The Hall–Kier alpha value is -2.96. The van der Waals surface area contributed by atoms with Gasteiger partial charge in [0, 0.05) is 73.8 Å². The molecule has 3 unspecified atom stereocenters. The molecule has 3 aromatic rings. The fraction of sp³-hybridized carbons (Fsp3) is 0.385. The van der Waals surface area contributed by atoms with Crippen LogP contribution in [0.25, 0.3) is 5.69 Å². The molecule has 2 aliphatic heterocycles. The number of carbonyl (C=O) groups excluding carboxylic acids is 1. The number of likely N-dealkylation sites (tertiary alicyclic amines) is 1. The number of nitrogens with one attached hydrogen (secondary N) is 2. The molecular weight excluding hydrogens is 398 g/mol. The van der Waals surface area contributed by atoms with Gasteiger partial charge in [-0.25, -0.2) is 4.98 Å². The van der Waals surface area contributed by atoms with E-state index in [1.165, 1.54) is 31.5 Å². The molecule has 5 rings (SSSR count). The zero-order valence-corrected chi connectivity index (χ0v) is 18.9. The molecule has 0 radical (unpaired) electrons. The minimum atomic E-state index is -0.0866. The lowest BCUT2D eigenvalue weighted by Gasteiger charge is -2.43. The maximum atomic E-state index is 12.9. The smallest absolute Gasteiger partial charge is 0.255 e. The summed E-state index contributed by atoms with van der Waals surface area (Å²) in [4.78, 5) is 17.0. The second kappa shape index (κ2) is 8.52. The topological polar surface area (TPSA) is 58.9 Å². The molecule has 0 bridgehead atoms. The highest BCUT2D eigenvalue weighted by Gasteiger charge is 2.48. The van der Waals surface area contributed by atoms with Crippen LogP contribution >= 0.6 is 0 Å². The Kier molecular flexibility index (Phi) is 5.57. The van der Waals surface area contributed by atoms with Gasteiger partial charge in [-0.15, -0.1) is 0 Å². The Balaban J connectivity index is 1.36. The van der Waals surface area contributed by atoms with E-state index in [1.54, 1.807) is 12.5 Å². The molecule has 2 saturated heterocycles. The quantitative estimate of drug-likeness (QED) is 0.594. The number of benzene rings is 2. The predicted octanol–water partition coefficient (Wildman–Crippen LogP) is 4.28. The second-order valence-corrected chi connectivity index (χ2v) is 9.26. The van der Waals surface area contributed by atoms with Gasteiger partial charge < -0.3 is 15.2 Å². The lowest BCUT2D eigenvalue weighted by Crippen LogP contribution is -2.59. The lowest BCUT2D eigenvalue weighted by atomic mass is 10.0. The first-order chi connectivity index (χ1) is 15.6. The number of amides is 1. The van der Waals surface area contributed by atoms with Gasteiger partial charge >= 0.3 is 0 Å². The van der Waals surface area contributed by atoms with Crippen LogP contribution in [-0.2, 0) is 0 Å². The van der Waals surface area contributed by atoms with Gasteiger partial charge in [0.25, 0.3) is 5.91 Å². The van der Waals surface area contributed by atoms with Crippen LogP contribution in [0.1, 0.15) is 42.1 Å². The molecule has 6 heteroatoms. The highest BCUT2D eigenvalue weighted by molar-refractivity contribution is 6.04. The zero-order valence-electron chi connectivity index (χ0n) is 18.9. The molecule has 166 valence electrons. The first-order valence-corrected chi connectivity index (χ1v) is 11.7. The van der Waals surface area contributed by atoms with Crippen LogP contribution in [0, 0.1) is 6.92 Å². The molecule has 2 fully saturated rings. The Morgan fingerprint density at radius 3 is 2.66 bits per heavy atom. The summed E-state index contributed by atoms with van der Waals surface area (Å²) in [6.45, 7) is 7.93. The Morgan fingerprint density at radius 1 is 1.19 bits per heavy atom. The third kappa shape index (κ3) is 3.63. The van der Waals surface area contributed by atoms with Gasteiger partial charge in [-0.1, -0.05) is 0 Å². The van der Waals surface area contributed by atoms with Crippen molar-refractivity contribution in [1.29, 1.82) is 0 Å². The number of carbonyl (C=O) groups is 1. The van der Waals surface area contributed by atoms with Gasteiger partial charge in [0.1, 0.15) is 11.7 Å². The minimum absolute atomic E-state index is 0.0866. The van der Waals surface area contributed by atoms with E-state index < -0.39 is 0 Å². The standard InChI is InChI=1S/C26H31N5O/c1-19-16-23(31(15-3-4-20(31)2)24-11-12-27-17-24)9-10-25(19)29-26(32)21-5-7-22(8-6-21)30-14-13-28-18-30/h5-10,13-14,16,18,20,24,27H,3-4,11-12,15,17H2,1-2H3/p+1. The third-order valence-electron chi connectivity index (χ3n) is 7.49. The highest BCUT2D eigenvalue weighted by atomic mass is 16.1. The van der Waals surface area contributed by atoms with Gasteiger partial charge in [0.2, 0.25) is 0 Å². The van der Waals surface area contributed by atoms with E-state index in [0.29, 0.717) is 17.6 Å². The van der Waals surface area contributed by atoms with Crippen molar-refractivity contribution in [2.24, 2.45) is 0 Å². The fourth-order valence-electron chi connectivity index (χ4n) is 5.71. The van der Waals surface area contributed by atoms with Crippen LogP contribution in [0.5, 0.6) is 0 Å². The molecular formula is C26H32N5O+.